The van der Waals surface area contributed by atoms with E-state index in [1.54, 1.807) is 7.11 Å². The zero-order valence-corrected chi connectivity index (χ0v) is 19.0. The molecular weight excluding hydrogens is 402 g/mol. The molecule has 3 aromatic rings. The standard InChI is InChI=1S/C26H31N3O3/c1-19(2)32-24-8-4-6-20(16-24)26(30)21-7-5-14-28(17-21)18-25-27-13-15-29(25)22-9-11-23(31-3)12-10-22/h4,6,8-13,15-16,19,21H,5,7,14,17-18H2,1-3H3/t21-/m1/s1. The van der Waals surface area contributed by atoms with Crippen molar-refractivity contribution < 1.29 is 14.3 Å². The predicted octanol–water partition coefficient (Wildman–Crippen LogP) is 4.76. The van der Waals surface area contributed by atoms with Crippen molar-refractivity contribution in [3.8, 4) is 17.2 Å². The van der Waals surface area contributed by atoms with Crippen LogP contribution in [0.25, 0.3) is 5.69 Å². The van der Waals surface area contributed by atoms with E-state index in [0.717, 1.165) is 54.5 Å². The number of benzene rings is 2. The fourth-order valence-electron chi connectivity index (χ4n) is 4.27. The fourth-order valence-corrected chi connectivity index (χ4v) is 4.27. The summed E-state index contributed by atoms with van der Waals surface area (Å²) >= 11 is 0. The van der Waals surface area contributed by atoms with Crippen LogP contribution in [-0.2, 0) is 6.54 Å². The minimum atomic E-state index is -0.0116. The lowest BCUT2D eigenvalue weighted by molar-refractivity contribution is 0.0807. The fraction of sp³-hybridized carbons (Fsp3) is 0.385. The van der Waals surface area contributed by atoms with Gasteiger partial charge in [0.2, 0.25) is 0 Å². The number of carbonyl (C=O) groups is 1. The van der Waals surface area contributed by atoms with Gasteiger partial charge in [0, 0.05) is 36.1 Å². The molecule has 1 saturated heterocycles. The zero-order chi connectivity index (χ0) is 22.5. The van der Waals surface area contributed by atoms with Crippen LogP contribution in [-0.4, -0.2) is 46.5 Å². The summed E-state index contributed by atoms with van der Waals surface area (Å²) in [6, 6.07) is 15.5. The maximum absolute atomic E-state index is 13.2. The van der Waals surface area contributed by atoms with E-state index in [1.165, 1.54) is 0 Å². The van der Waals surface area contributed by atoms with Gasteiger partial charge in [-0.15, -0.1) is 0 Å². The van der Waals surface area contributed by atoms with Gasteiger partial charge in [-0.25, -0.2) is 4.98 Å². The number of carbonyl (C=O) groups excluding carboxylic acids is 1. The first kappa shape index (κ1) is 22.1. The molecule has 1 aliphatic heterocycles. The van der Waals surface area contributed by atoms with Gasteiger partial charge in [0.1, 0.15) is 17.3 Å². The molecule has 0 unspecified atom stereocenters. The van der Waals surface area contributed by atoms with Gasteiger partial charge in [0.15, 0.2) is 5.78 Å². The van der Waals surface area contributed by atoms with Crippen LogP contribution in [0.4, 0.5) is 0 Å². The normalized spacial score (nSPS) is 16.8. The monoisotopic (exact) mass is 433 g/mol. The molecule has 6 heteroatoms. The minimum Gasteiger partial charge on any atom is -0.497 e. The highest BCUT2D eigenvalue weighted by Crippen LogP contribution is 2.25. The maximum atomic E-state index is 13.2. The Hall–Kier alpha value is -3.12. The van der Waals surface area contributed by atoms with Crippen molar-refractivity contribution in [2.24, 2.45) is 5.92 Å². The zero-order valence-electron chi connectivity index (χ0n) is 19.0. The van der Waals surface area contributed by atoms with Crippen LogP contribution in [0.1, 0.15) is 42.9 Å². The number of methoxy groups -OCH3 is 1. The third kappa shape index (κ3) is 5.19. The van der Waals surface area contributed by atoms with Crippen LogP contribution in [0, 0.1) is 5.92 Å². The minimum absolute atomic E-state index is 0.0116. The number of piperidine rings is 1. The van der Waals surface area contributed by atoms with E-state index in [1.807, 2.05) is 74.8 Å². The predicted molar refractivity (Wildman–Crippen MR) is 125 cm³/mol. The largest absolute Gasteiger partial charge is 0.497 e. The molecule has 0 saturated carbocycles. The van der Waals surface area contributed by atoms with Crippen molar-refractivity contribution in [1.29, 1.82) is 0 Å². The van der Waals surface area contributed by atoms with Gasteiger partial charge in [-0.3, -0.25) is 9.69 Å². The van der Waals surface area contributed by atoms with Crippen molar-refractivity contribution in [2.45, 2.75) is 39.3 Å². The van der Waals surface area contributed by atoms with Crippen molar-refractivity contribution in [1.82, 2.24) is 14.5 Å². The van der Waals surface area contributed by atoms with Gasteiger partial charge in [-0.1, -0.05) is 12.1 Å². The van der Waals surface area contributed by atoms with Crippen LogP contribution in [0.3, 0.4) is 0 Å². The molecule has 1 fully saturated rings. The molecule has 0 spiro atoms. The molecule has 0 radical (unpaired) electrons. The Kier molecular flexibility index (Phi) is 6.90. The van der Waals surface area contributed by atoms with Gasteiger partial charge >= 0.3 is 0 Å². The number of imidazole rings is 1. The Morgan fingerprint density at radius 2 is 1.97 bits per heavy atom. The van der Waals surface area contributed by atoms with Crippen LogP contribution in [0.5, 0.6) is 11.5 Å². The first-order valence-electron chi connectivity index (χ1n) is 11.2. The number of ether oxygens (including phenoxy) is 2. The van der Waals surface area contributed by atoms with Crippen LogP contribution in [0.2, 0.25) is 0 Å². The molecule has 0 amide bonds. The second-order valence-electron chi connectivity index (χ2n) is 8.54. The summed E-state index contributed by atoms with van der Waals surface area (Å²) in [5.74, 6) is 2.73. The molecule has 1 aliphatic rings. The van der Waals surface area contributed by atoms with Crippen LogP contribution >= 0.6 is 0 Å². The molecule has 0 bridgehead atoms. The number of hydrogen-bond donors (Lipinski definition) is 0. The van der Waals surface area contributed by atoms with Crippen molar-refractivity contribution in [2.75, 3.05) is 20.2 Å². The molecule has 4 rings (SSSR count). The first-order valence-corrected chi connectivity index (χ1v) is 11.2. The van der Waals surface area contributed by atoms with Gasteiger partial charge in [-0.05, 0) is 69.6 Å². The average Bonchev–Trinajstić information content (AvgIpc) is 3.26. The second-order valence-corrected chi connectivity index (χ2v) is 8.54. The van der Waals surface area contributed by atoms with Crippen molar-refractivity contribution in [3.63, 3.8) is 0 Å². The smallest absolute Gasteiger partial charge is 0.167 e. The lowest BCUT2D eigenvalue weighted by atomic mass is 9.90. The Balaban J connectivity index is 1.44. The van der Waals surface area contributed by atoms with Crippen LogP contribution < -0.4 is 9.47 Å². The molecule has 2 aromatic carbocycles. The summed E-state index contributed by atoms with van der Waals surface area (Å²) in [4.78, 5) is 20.1. The highest BCUT2D eigenvalue weighted by atomic mass is 16.5. The van der Waals surface area contributed by atoms with Gasteiger partial charge in [0.05, 0.1) is 19.8 Å². The highest BCUT2D eigenvalue weighted by Gasteiger charge is 2.27. The molecule has 0 N–H and O–H groups in total. The average molecular weight is 434 g/mol. The van der Waals surface area contributed by atoms with E-state index in [-0.39, 0.29) is 17.8 Å². The number of Topliss-reactive ketones (excluding diaryl/α,β-unsaturated/α-hetero) is 1. The van der Waals surface area contributed by atoms with Crippen molar-refractivity contribution in [3.05, 3.63) is 72.3 Å². The van der Waals surface area contributed by atoms with Crippen LogP contribution in [0.15, 0.2) is 60.9 Å². The van der Waals surface area contributed by atoms with E-state index in [0.29, 0.717) is 6.54 Å². The lowest BCUT2D eigenvalue weighted by Gasteiger charge is -2.31. The third-order valence-corrected chi connectivity index (χ3v) is 5.80. The first-order chi connectivity index (χ1) is 15.5. The van der Waals surface area contributed by atoms with Gasteiger partial charge in [-0.2, -0.15) is 0 Å². The van der Waals surface area contributed by atoms with Gasteiger partial charge in [0.25, 0.3) is 0 Å². The number of rotatable bonds is 8. The topological polar surface area (TPSA) is 56.6 Å². The molecule has 1 atom stereocenters. The van der Waals surface area contributed by atoms with E-state index in [9.17, 15) is 4.79 Å². The third-order valence-electron chi connectivity index (χ3n) is 5.80. The van der Waals surface area contributed by atoms with E-state index < -0.39 is 0 Å². The SMILES string of the molecule is COc1ccc(-n2ccnc2CN2CCC[C@@H](C(=O)c3cccc(OC(C)C)c3)C2)cc1. The maximum Gasteiger partial charge on any atom is 0.167 e. The number of ketones is 1. The summed E-state index contributed by atoms with van der Waals surface area (Å²) in [5, 5.41) is 0. The van der Waals surface area contributed by atoms with E-state index in [4.69, 9.17) is 9.47 Å². The lowest BCUT2D eigenvalue weighted by Crippen LogP contribution is -2.38. The molecule has 2 heterocycles. The molecule has 6 nitrogen and oxygen atoms in total. The van der Waals surface area contributed by atoms with E-state index >= 15 is 0 Å². The molecule has 1 aromatic heterocycles. The van der Waals surface area contributed by atoms with E-state index in [2.05, 4.69) is 14.5 Å². The Morgan fingerprint density at radius 1 is 1.16 bits per heavy atom. The second kappa shape index (κ2) is 10.0. The molecule has 32 heavy (non-hydrogen) atoms. The Bertz CT molecular complexity index is 1040. The van der Waals surface area contributed by atoms with Gasteiger partial charge < -0.3 is 14.0 Å². The summed E-state index contributed by atoms with van der Waals surface area (Å²) < 4.78 is 13.1. The molecule has 168 valence electrons. The Morgan fingerprint density at radius 3 is 2.72 bits per heavy atom. The number of aromatic nitrogens is 2. The summed E-state index contributed by atoms with van der Waals surface area (Å²) in [7, 11) is 1.67. The number of hydrogen-bond acceptors (Lipinski definition) is 5. The quantitative estimate of drug-likeness (QED) is 0.479. The summed E-state index contributed by atoms with van der Waals surface area (Å²) in [5.41, 5.74) is 1.78. The Labute approximate surface area is 189 Å². The van der Waals surface area contributed by atoms with Crippen molar-refractivity contribution >= 4 is 5.78 Å². The number of nitrogens with zero attached hydrogens (tertiary/aromatic N) is 3. The number of likely N-dealkylation sites (tertiary alicyclic amines) is 1. The highest BCUT2D eigenvalue weighted by molar-refractivity contribution is 5.98. The summed E-state index contributed by atoms with van der Waals surface area (Å²) in [6.45, 7) is 6.39. The molecule has 0 aliphatic carbocycles. The molecular formula is C26H31N3O3. The summed E-state index contributed by atoms with van der Waals surface area (Å²) in [6.07, 6.45) is 5.80.